The molecule has 1 unspecified atom stereocenters. The van der Waals surface area contributed by atoms with E-state index in [4.69, 9.17) is 11.6 Å². The third-order valence-corrected chi connectivity index (χ3v) is 4.96. The highest BCUT2D eigenvalue weighted by Gasteiger charge is 2.21. The van der Waals surface area contributed by atoms with Gasteiger partial charge in [0.2, 0.25) is 0 Å². The van der Waals surface area contributed by atoms with Gasteiger partial charge in [-0.3, -0.25) is 0 Å². The molecule has 0 aromatic carbocycles. The monoisotopic (exact) mass is 299 g/mol. The minimum Gasteiger partial charge on any atom is -0.356 e. The van der Waals surface area contributed by atoms with E-state index in [1.165, 1.54) is 17.9 Å². The van der Waals surface area contributed by atoms with E-state index in [1.807, 2.05) is 11.8 Å². The largest absolute Gasteiger partial charge is 0.356 e. The second kappa shape index (κ2) is 7.36. The van der Waals surface area contributed by atoms with Crippen LogP contribution in [-0.2, 0) is 6.54 Å². The number of pyridine rings is 1. The minimum absolute atomic E-state index is 0.607. The fourth-order valence-electron chi connectivity index (χ4n) is 2.21. The van der Waals surface area contributed by atoms with Gasteiger partial charge < -0.3 is 10.2 Å². The summed E-state index contributed by atoms with van der Waals surface area (Å²) in [6.07, 6.45) is 4.15. The highest BCUT2D eigenvalue weighted by molar-refractivity contribution is 7.99. The van der Waals surface area contributed by atoms with E-state index in [0.717, 1.165) is 35.9 Å². The summed E-state index contributed by atoms with van der Waals surface area (Å²) in [5, 5.41) is 4.14. The molecular formula is C14H22ClN3S. The zero-order valence-electron chi connectivity index (χ0n) is 11.7. The van der Waals surface area contributed by atoms with Gasteiger partial charge in [-0.05, 0) is 36.8 Å². The lowest BCUT2D eigenvalue weighted by Crippen LogP contribution is -2.32. The first-order valence-electron chi connectivity index (χ1n) is 6.88. The summed E-state index contributed by atoms with van der Waals surface area (Å²) in [7, 11) is 2.13. The third-order valence-electron chi connectivity index (χ3n) is 3.48. The molecule has 2 rings (SSSR count). The predicted octanol–water partition coefficient (Wildman–Crippen LogP) is 3.18. The molecule has 1 aliphatic rings. The highest BCUT2D eigenvalue weighted by atomic mass is 35.5. The lowest BCUT2D eigenvalue weighted by Gasteiger charge is -2.25. The van der Waals surface area contributed by atoms with Gasteiger partial charge in [-0.25, -0.2) is 4.98 Å². The second-order valence-corrected chi connectivity index (χ2v) is 6.50. The van der Waals surface area contributed by atoms with Crippen molar-refractivity contribution in [2.45, 2.75) is 32.4 Å². The normalized spacial score (nSPS) is 18.8. The maximum absolute atomic E-state index is 6.21. The number of anilines is 1. The van der Waals surface area contributed by atoms with Crippen molar-refractivity contribution in [1.29, 1.82) is 0 Å². The Morgan fingerprint density at radius 1 is 1.58 bits per heavy atom. The molecule has 0 amide bonds. The number of halogens is 1. The van der Waals surface area contributed by atoms with Gasteiger partial charge >= 0.3 is 0 Å². The first-order valence-corrected chi connectivity index (χ1v) is 8.41. The van der Waals surface area contributed by atoms with E-state index in [9.17, 15) is 0 Å². The topological polar surface area (TPSA) is 28.2 Å². The molecule has 19 heavy (non-hydrogen) atoms. The summed E-state index contributed by atoms with van der Waals surface area (Å²) < 4.78 is 0. The molecular weight excluding hydrogens is 278 g/mol. The van der Waals surface area contributed by atoms with Crippen LogP contribution in [0.5, 0.6) is 0 Å². The molecule has 1 aliphatic heterocycles. The Morgan fingerprint density at radius 3 is 3.11 bits per heavy atom. The quantitative estimate of drug-likeness (QED) is 0.817. The standard InChI is InChI=1S/C14H22ClN3S/c1-3-5-16-8-11-7-14(17-9-13(11)15)18(2)12-4-6-19-10-12/h7,9,12,16H,3-6,8,10H2,1-2H3. The Bertz CT molecular complexity index is 408. The summed E-state index contributed by atoms with van der Waals surface area (Å²) in [4.78, 5) is 6.76. The van der Waals surface area contributed by atoms with Gasteiger partial charge in [-0.1, -0.05) is 18.5 Å². The zero-order chi connectivity index (χ0) is 13.7. The van der Waals surface area contributed by atoms with E-state index in [2.05, 4.69) is 35.2 Å². The lowest BCUT2D eigenvalue weighted by atomic mass is 10.2. The van der Waals surface area contributed by atoms with Crippen LogP contribution in [0.25, 0.3) is 0 Å². The number of hydrogen-bond acceptors (Lipinski definition) is 4. The number of aromatic nitrogens is 1. The van der Waals surface area contributed by atoms with Crippen LogP contribution < -0.4 is 10.2 Å². The van der Waals surface area contributed by atoms with Crippen LogP contribution in [0.4, 0.5) is 5.82 Å². The molecule has 1 aromatic heterocycles. The molecule has 1 N–H and O–H groups in total. The van der Waals surface area contributed by atoms with Crippen LogP contribution in [0.15, 0.2) is 12.3 Å². The molecule has 0 spiro atoms. The van der Waals surface area contributed by atoms with Crippen molar-refractivity contribution >= 4 is 29.2 Å². The maximum atomic E-state index is 6.21. The van der Waals surface area contributed by atoms with Gasteiger partial charge in [0.05, 0.1) is 5.02 Å². The Morgan fingerprint density at radius 2 is 2.42 bits per heavy atom. The Balaban J connectivity index is 2.06. The van der Waals surface area contributed by atoms with E-state index in [-0.39, 0.29) is 0 Å². The van der Waals surface area contributed by atoms with Crippen molar-refractivity contribution in [3.63, 3.8) is 0 Å². The number of rotatable bonds is 6. The van der Waals surface area contributed by atoms with E-state index >= 15 is 0 Å². The molecule has 0 bridgehead atoms. The van der Waals surface area contributed by atoms with Gasteiger partial charge in [0, 0.05) is 31.6 Å². The number of nitrogens with one attached hydrogen (secondary N) is 1. The van der Waals surface area contributed by atoms with Crippen LogP contribution in [0.3, 0.4) is 0 Å². The Kier molecular flexibility index (Phi) is 5.79. The van der Waals surface area contributed by atoms with Crippen molar-refractivity contribution < 1.29 is 0 Å². The van der Waals surface area contributed by atoms with Crippen LogP contribution in [0, 0.1) is 0 Å². The fourth-order valence-corrected chi connectivity index (χ4v) is 3.65. The lowest BCUT2D eigenvalue weighted by molar-refractivity contribution is 0.670. The van der Waals surface area contributed by atoms with Gasteiger partial charge in [0.25, 0.3) is 0 Å². The predicted molar refractivity (Wildman–Crippen MR) is 85.4 cm³/mol. The van der Waals surface area contributed by atoms with Gasteiger partial charge in [-0.2, -0.15) is 11.8 Å². The average molecular weight is 300 g/mol. The molecule has 1 saturated heterocycles. The van der Waals surface area contributed by atoms with Crippen molar-refractivity contribution in [2.75, 3.05) is 30.0 Å². The molecule has 2 heterocycles. The van der Waals surface area contributed by atoms with Gasteiger partial charge in [0.15, 0.2) is 0 Å². The summed E-state index contributed by atoms with van der Waals surface area (Å²) in [6.45, 7) is 4.00. The molecule has 5 heteroatoms. The molecule has 1 aromatic rings. The van der Waals surface area contributed by atoms with Gasteiger partial charge in [-0.15, -0.1) is 0 Å². The van der Waals surface area contributed by atoms with Crippen molar-refractivity contribution in [3.05, 3.63) is 22.8 Å². The third kappa shape index (κ3) is 4.01. The van der Waals surface area contributed by atoms with Crippen LogP contribution in [-0.4, -0.2) is 36.1 Å². The summed E-state index contributed by atoms with van der Waals surface area (Å²) in [5.74, 6) is 3.49. The highest BCUT2D eigenvalue weighted by Crippen LogP contribution is 2.26. The molecule has 1 fully saturated rings. The molecule has 0 aliphatic carbocycles. The molecule has 1 atom stereocenters. The molecule has 0 saturated carbocycles. The molecule has 3 nitrogen and oxygen atoms in total. The maximum Gasteiger partial charge on any atom is 0.128 e. The fraction of sp³-hybridized carbons (Fsp3) is 0.643. The van der Waals surface area contributed by atoms with E-state index in [1.54, 1.807) is 6.20 Å². The van der Waals surface area contributed by atoms with E-state index < -0.39 is 0 Å². The number of nitrogens with zero attached hydrogens (tertiary/aromatic N) is 2. The van der Waals surface area contributed by atoms with Gasteiger partial charge in [0.1, 0.15) is 5.82 Å². The first kappa shape index (κ1) is 14.9. The van der Waals surface area contributed by atoms with Crippen molar-refractivity contribution in [3.8, 4) is 0 Å². The summed E-state index contributed by atoms with van der Waals surface area (Å²) in [5.41, 5.74) is 1.14. The second-order valence-electron chi connectivity index (χ2n) is 4.94. The Hall–Kier alpha value is -0.450. The first-order chi connectivity index (χ1) is 9.22. The van der Waals surface area contributed by atoms with Crippen LogP contribution >= 0.6 is 23.4 Å². The molecule has 0 radical (unpaired) electrons. The van der Waals surface area contributed by atoms with Crippen LogP contribution in [0.1, 0.15) is 25.3 Å². The summed E-state index contributed by atoms with van der Waals surface area (Å²) >= 11 is 8.24. The van der Waals surface area contributed by atoms with Crippen LogP contribution in [0.2, 0.25) is 5.02 Å². The molecule has 106 valence electrons. The summed E-state index contributed by atoms with van der Waals surface area (Å²) in [6, 6.07) is 2.73. The SMILES string of the molecule is CCCNCc1cc(N(C)C2CCSC2)ncc1Cl. The van der Waals surface area contributed by atoms with Crippen molar-refractivity contribution in [2.24, 2.45) is 0 Å². The van der Waals surface area contributed by atoms with E-state index in [0.29, 0.717) is 6.04 Å². The number of hydrogen-bond donors (Lipinski definition) is 1. The smallest absolute Gasteiger partial charge is 0.128 e. The zero-order valence-corrected chi connectivity index (χ0v) is 13.2. The number of thioether (sulfide) groups is 1. The van der Waals surface area contributed by atoms with Crippen molar-refractivity contribution in [1.82, 2.24) is 10.3 Å². The Labute approximate surface area is 125 Å². The minimum atomic E-state index is 0.607. The average Bonchev–Trinajstić information content (AvgIpc) is 2.94.